The molecule has 0 bridgehead atoms. The molecular weight excluding hydrogens is 518 g/mol. The van der Waals surface area contributed by atoms with Crippen molar-refractivity contribution >= 4 is 17.6 Å². The quantitative estimate of drug-likeness (QED) is 0.380. The van der Waals surface area contributed by atoms with Gasteiger partial charge in [0.15, 0.2) is 0 Å². The summed E-state index contributed by atoms with van der Waals surface area (Å²) in [6, 6.07) is 8.55. The second kappa shape index (κ2) is 11.7. The molecule has 2 N–H and O–H groups in total. The summed E-state index contributed by atoms with van der Waals surface area (Å²) in [5.41, 5.74) is -1.81. The lowest BCUT2D eigenvalue weighted by Crippen LogP contribution is -2.40. The molecule has 3 aromatic rings. The fourth-order valence-corrected chi connectivity index (χ4v) is 5.09. The van der Waals surface area contributed by atoms with Crippen molar-refractivity contribution in [2.24, 2.45) is 5.92 Å². The van der Waals surface area contributed by atoms with E-state index in [1.165, 1.54) is 24.3 Å². The smallest absolute Gasteiger partial charge is 0.403 e. The van der Waals surface area contributed by atoms with Crippen molar-refractivity contribution in [2.75, 3.05) is 43.5 Å². The third-order valence-electron chi connectivity index (χ3n) is 7.15. The Morgan fingerprint density at radius 2 is 1.77 bits per heavy atom. The molecule has 208 valence electrons. The van der Waals surface area contributed by atoms with Crippen LogP contribution in [0.3, 0.4) is 0 Å². The van der Waals surface area contributed by atoms with E-state index in [4.69, 9.17) is 9.15 Å². The van der Waals surface area contributed by atoms with Gasteiger partial charge in [-0.15, -0.1) is 5.10 Å². The molecule has 1 saturated carbocycles. The first-order valence-electron chi connectivity index (χ1n) is 12.9. The molecular formula is C27H29F4N5O3. The molecule has 2 aromatic carbocycles. The Bertz CT molecular complexity index is 1280. The van der Waals surface area contributed by atoms with Crippen molar-refractivity contribution in [3.8, 4) is 11.5 Å². The van der Waals surface area contributed by atoms with E-state index in [2.05, 4.69) is 25.7 Å². The Morgan fingerprint density at radius 3 is 2.49 bits per heavy atom. The van der Waals surface area contributed by atoms with Crippen LogP contribution in [0.1, 0.15) is 41.6 Å². The van der Waals surface area contributed by atoms with Crippen molar-refractivity contribution in [3.05, 3.63) is 59.4 Å². The van der Waals surface area contributed by atoms with Gasteiger partial charge in [-0.25, -0.2) is 4.39 Å². The minimum Gasteiger partial charge on any atom is -0.403 e. The van der Waals surface area contributed by atoms with Crippen LogP contribution in [-0.4, -0.2) is 59.9 Å². The summed E-state index contributed by atoms with van der Waals surface area (Å²) in [5.74, 6) is -1.33. The summed E-state index contributed by atoms with van der Waals surface area (Å²) in [7, 11) is 0. The standard InChI is InChI=1S/C27H29F4N5O3/c28-23-4-2-1-3-21(23)24(37)32-19-9-10-20(22(15-19)27(29,30)31)25-34-35-26(39-25)33-18-7-5-17(6-8-18)16-36-11-13-38-14-12-36/h1-4,9-10,15,17-18H,5-8,11-14,16H2,(H,32,37)(H,33,35)/t17-,18-. The minimum absolute atomic E-state index is 0.0617. The molecule has 0 atom stereocenters. The van der Waals surface area contributed by atoms with E-state index in [-0.39, 0.29) is 34.8 Å². The molecule has 0 unspecified atom stereocenters. The van der Waals surface area contributed by atoms with Gasteiger partial charge in [-0.3, -0.25) is 9.69 Å². The second-order valence-electron chi connectivity index (χ2n) is 9.88. The highest BCUT2D eigenvalue weighted by atomic mass is 19.4. The number of amides is 1. The number of morpholine rings is 1. The van der Waals surface area contributed by atoms with Crippen LogP contribution < -0.4 is 10.6 Å². The number of benzene rings is 2. The highest BCUT2D eigenvalue weighted by molar-refractivity contribution is 6.04. The van der Waals surface area contributed by atoms with Gasteiger partial charge >= 0.3 is 12.2 Å². The van der Waals surface area contributed by atoms with Gasteiger partial charge in [0, 0.05) is 31.4 Å². The van der Waals surface area contributed by atoms with Gasteiger partial charge in [0.05, 0.1) is 29.9 Å². The number of rotatable bonds is 7. The van der Waals surface area contributed by atoms with E-state index >= 15 is 0 Å². The first-order chi connectivity index (χ1) is 18.8. The topological polar surface area (TPSA) is 92.5 Å². The molecule has 2 heterocycles. The SMILES string of the molecule is O=C(Nc1ccc(-c2nnc(N[C@H]3CC[C@H](CN4CCOCC4)CC3)o2)c(C(F)(F)F)c1)c1ccccc1F. The summed E-state index contributed by atoms with van der Waals surface area (Å²) in [6.45, 7) is 4.52. The zero-order valence-corrected chi connectivity index (χ0v) is 21.1. The molecule has 0 spiro atoms. The van der Waals surface area contributed by atoms with Crippen molar-refractivity contribution in [3.63, 3.8) is 0 Å². The number of halogens is 4. The Hall–Kier alpha value is -3.51. The van der Waals surface area contributed by atoms with E-state index in [0.717, 1.165) is 76.7 Å². The molecule has 0 radical (unpaired) electrons. The van der Waals surface area contributed by atoms with Crippen molar-refractivity contribution < 1.29 is 31.5 Å². The van der Waals surface area contributed by atoms with Crippen molar-refractivity contribution in [1.82, 2.24) is 15.1 Å². The average Bonchev–Trinajstić information content (AvgIpc) is 3.38. The number of anilines is 2. The number of carbonyl (C=O) groups excluding carboxylic acids is 1. The van der Waals surface area contributed by atoms with Gasteiger partial charge < -0.3 is 19.8 Å². The van der Waals surface area contributed by atoms with Crippen LogP contribution >= 0.6 is 0 Å². The predicted molar refractivity (Wildman–Crippen MR) is 136 cm³/mol. The number of alkyl halides is 3. The fraction of sp³-hybridized carbons (Fsp3) is 0.444. The summed E-state index contributed by atoms with van der Waals surface area (Å²) < 4.78 is 66.7. The maximum atomic E-state index is 13.9. The first-order valence-corrected chi connectivity index (χ1v) is 12.9. The van der Waals surface area contributed by atoms with Crippen LogP contribution in [0.5, 0.6) is 0 Å². The molecule has 39 heavy (non-hydrogen) atoms. The van der Waals surface area contributed by atoms with Crippen LogP contribution in [0, 0.1) is 11.7 Å². The average molecular weight is 548 g/mol. The van der Waals surface area contributed by atoms with Crippen molar-refractivity contribution in [2.45, 2.75) is 37.9 Å². The molecule has 8 nitrogen and oxygen atoms in total. The number of nitrogens with one attached hydrogen (secondary N) is 2. The third-order valence-corrected chi connectivity index (χ3v) is 7.15. The molecule has 5 rings (SSSR count). The molecule has 1 saturated heterocycles. The summed E-state index contributed by atoms with van der Waals surface area (Å²) in [5, 5.41) is 13.2. The van der Waals surface area contributed by atoms with Gasteiger partial charge in [0.25, 0.3) is 5.91 Å². The Morgan fingerprint density at radius 1 is 1.03 bits per heavy atom. The molecule has 2 fully saturated rings. The van der Waals surface area contributed by atoms with Crippen molar-refractivity contribution in [1.29, 1.82) is 0 Å². The van der Waals surface area contributed by atoms with Gasteiger partial charge in [0.2, 0.25) is 5.89 Å². The highest BCUT2D eigenvalue weighted by Crippen LogP contribution is 2.39. The number of ether oxygens (including phenoxy) is 1. The van der Waals surface area contributed by atoms with Gasteiger partial charge in [-0.05, 0) is 61.9 Å². The Labute approximate surface area is 222 Å². The summed E-state index contributed by atoms with van der Waals surface area (Å²) in [6.07, 6.45) is -0.897. The maximum absolute atomic E-state index is 13.9. The number of nitrogens with zero attached hydrogens (tertiary/aromatic N) is 3. The predicted octanol–water partition coefficient (Wildman–Crippen LogP) is 5.45. The largest absolute Gasteiger partial charge is 0.417 e. The summed E-state index contributed by atoms with van der Waals surface area (Å²) >= 11 is 0. The van der Waals surface area contributed by atoms with Crippen LogP contribution in [0.15, 0.2) is 46.9 Å². The van der Waals surface area contributed by atoms with Crippen LogP contribution in [0.2, 0.25) is 0 Å². The van der Waals surface area contributed by atoms with Crippen LogP contribution in [0.4, 0.5) is 29.3 Å². The molecule has 1 amide bonds. The highest BCUT2D eigenvalue weighted by Gasteiger charge is 2.36. The summed E-state index contributed by atoms with van der Waals surface area (Å²) in [4.78, 5) is 14.8. The van der Waals surface area contributed by atoms with E-state index in [1.54, 1.807) is 0 Å². The third kappa shape index (κ3) is 6.74. The second-order valence-corrected chi connectivity index (χ2v) is 9.88. The Kier molecular flexibility index (Phi) is 8.12. The molecule has 2 aliphatic rings. The number of carbonyl (C=O) groups is 1. The fourth-order valence-electron chi connectivity index (χ4n) is 5.09. The molecule has 1 aromatic heterocycles. The normalized spacial score (nSPS) is 20.5. The lowest BCUT2D eigenvalue weighted by atomic mass is 9.85. The number of hydrogen-bond acceptors (Lipinski definition) is 7. The lowest BCUT2D eigenvalue weighted by Gasteiger charge is -2.34. The maximum Gasteiger partial charge on any atom is 0.417 e. The molecule has 12 heteroatoms. The monoisotopic (exact) mass is 547 g/mol. The van der Waals surface area contributed by atoms with Gasteiger partial charge in [-0.2, -0.15) is 13.2 Å². The lowest BCUT2D eigenvalue weighted by molar-refractivity contribution is -0.137. The molecule has 1 aliphatic carbocycles. The first kappa shape index (κ1) is 27.1. The van der Waals surface area contributed by atoms with Crippen LogP contribution in [0.25, 0.3) is 11.5 Å². The van der Waals surface area contributed by atoms with Gasteiger partial charge in [-0.1, -0.05) is 17.2 Å². The number of hydrogen-bond donors (Lipinski definition) is 2. The number of aromatic nitrogens is 2. The minimum atomic E-state index is -4.77. The van der Waals surface area contributed by atoms with E-state index in [1.807, 2.05) is 0 Å². The van der Waals surface area contributed by atoms with E-state index < -0.39 is 23.5 Å². The Balaban J connectivity index is 1.23. The van der Waals surface area contributed by atoms with E-state index in [0.29, 0.717) is 5.92 Å². The van der Waals surface area contributed by atoms with Crippen LogP contribution in [-0.2, 0) is 10.9 Å². The van der Waals surface area contributed by atoms with Gasteiger partial charge in [0.1, 0.15) is 5.82 Å². The van der Waals surface area contributed by atoms with E-state index in [9.17, 15) is 22.4 Å². The zero-order valence-electron chi connectivity index (χ0n) is 21.1. The zero-order chi connectivity index (χ0) is 27.4. The molecule has 1 aliphatic heterocycles.